The molecule has 0 radical (unpaired) electrons. The van der Waals surface area contributed by atoms with Crippen LogP contribution in [0.15, 0.2) is 65.6 Å². The molecule has 0 aliphatic heterocycles. The fourth-order valence-corrected chi connectivity index (χ4v) is 5.74. The highest BCUT2D eigenvalue weighted by molar-refractivity contribution is 7.92. The maximum absolute atomic E-state index is 13.3. The lowest BCUT2D eigenvalue weighted by molar-refractivity contribution is -0.110. The van der Waals surface area contributed by atoms with Crippen molar-refractivity contribution in [2.24, 2.45) is 0 Å². The lowest BCUT2D eigenvalue weighted by Crippen LogP contribution is -2.45. The third-order valence-electron chi connectivity index (χ3n) is 4.66. The Hall–Kier alpha value is -2.67. The number of carbonyl (C=O) groups is 2. The maximum atomic E-state index is 13.3. The molecule has 1 aliphatic carbocycles. The zero-order valence-electron chi connectivity index (χ0n) is 16.0. The van der Waals surface area contributed by atoms with E-state index >= 15 is 0 Å². The summed E-state index contributed by atoms with van der Waals surface area (Å²) in [6, 6.07) is 16.8. The van der Waals surface area contributed by atoms with Crippen LogP contribution in [0.4, 0.5) is 4.79 Å². The monoisotopic (exact) mass is 401 g/mol. The molecule has 1 fully saturated rings. The molecule has 148 valence electrons. The van der Waals surface area contributed by atoms with E-state index in [2.05, 4.69) is 5.32 Å². The van der Waals surface area contributed by atoms with Crippen LogP contribution in [0.3, 0.4) is 0 Å². The topological polar surface area (TPSA) is 89.5 Å². The van der Waals surface area contributed by atoms with Crippen LogP contribution in [-0.2, 0) is 19.4 Å². The van der Waals surface area contributed by atoms with Crippen LogP contribution in [0, 0.1) is 0 Å². The molecule has 0 spiro atoms. The Morgan fingerprint density at radius 1 is 1.04 bits per heavy atom. The summed E-state index contributed by atoms with van der Waals surface area (Å²) in [5.74, 6) is -0.705. The SMILES string of the molecule is CC(C)(C)OC(=O)N[C@]1(C=O)[C@H](c2ccccc2)[C@@H]1S(=O)(=O)c1ccccc1. The van der Waals surface area contributed by atoms with Gasteiger partial charge >= 0.3 is 6.09 Å². The van der Waals surface area contributed by atoms with Crippen LogP contribution in [0.25, 0.3) is 0 Å². The molecule has 0 aromatic heterocycles. The average molecular weight is 401 g/mol. The van der Waals surface area contributed by atoms with Gasteiger partial charge in [-0.05, 0) is 38.5 Å². The van der Waals surface area contributed by atoms with Gasteiger partial charge < -0.3 is 14.8 Å². The van der Waals surface area contributed by atoms with Crippen LogP contribution in [0.2, 0.25) is 0 Å². The molecule has 7 heteroatoms. The minimum Gasteiger partial charge on any atom is -0.444 e. The maximum Gasteiger partial charge on any atom is 0.408 e. The van der Waals surface area contributed by atoms with Crippen LogP contribution >= 0.6 is 0 Å². The largest absolute Gasteiger partial charge is 0.444 e. The van der Waals surface area contributed by atoms with Crippen molar-refractivity contribution in [3.63, 3.8) is 0 Å². The van der Waals surface area contributed by atoms with Crippen molar-refractivity contribution >= 4 is 22.2 Å². The van der Waals surface area contributed by atoms with Gasteiger partial charge in [0.15, 0.2) is 9.84 Å². The van der Waals surface area contributed by atoms with Gasteiger partial charge in [-0.1, -0.05) is 48.5 Å². The fourth-order valence-electron chi connectivity index (χ4n) is 3.48. The lowest BCUT2D eigenvalue weighted by atomic mass is 10.1. The summed E-state index contributed by atoms with van der Waals surface area (Å²) in [5, 5.41) is 1.42. The standard InChI is InChI=1S/C21H23NO5S/c1-20(2,3)27-19(24)22-21(14-23)17(15-10-6-4-7-11-15)18(21)28(25,26)16-12-8-5-9-13-16/h4-14,17-18H,1-3H3,(H,22,24)/t17-,18+,21-/m1/s1. The second-order valence-electron chi connectivity index (χ2n) is 7.84. The molecule has 0 saturated heterocycles. The molecule has 3 rings (SSSR count). The summed E-state index contributed by atoms with van der Waals surface area (Å²) in [6.45, 7) is 5.08. The summed E-state index contributed by atoms with van der Waals surface area (Å²) in [7, 11) is -3.87. The van der Waals surface area contributed by atoms with E-state index in [0.29, 0.717) is 11.8 Å². The molecular weight excluding hydrogens is 378 g/mol. The normalized spacial score (nSPS) is 24.2. The van der Waals surface area contributed by atoms with E-state index in [1.54, 1.807) is 69.3 Å². The van der Waals surface area contributed by atoms with Gasteiger partial charge in [0.2, 0.25) is 0 Å². The molecule has 0 heterocycles. The molecule has 28 heavy (non-hydrogen) atoms. The van der Waals surface area contributed by atoms with E-state index in [1.165, 1.54) is 12.1 Å². The first-order valence-corrected chi connectivity index (χ1v) is 10.5. The highest BCUT2D eigenvalue weighted by Crippen LogP contribution is 2.56. The van der Waals surface area contributed by atoms with Crippen molar-refractivity contribution in [3.8, 4) is 0 Å². The van der Waals surface area contributed by atoms with Gasteiger partial charge in [-0.15, -0.1) is 0 Å². The molecule has 1 aliphatic rings. The highest BCUT2D eigenvalue weighted by Gasteiger charge is 2.73. The zero-order valence-corrected chi connectivity index (χ0v) is 16.8. The van der Waals surface area contributed by atoms with Gasteiger partial charge in [0.05, 0.1) is 4.90 Å². The number of carbonyl (C=O) groups excluding carboxylic acids is 2. The first-order valence-electron chi connectivity index (χ1n) is 8.93. The first kappa shape index (κ1) is 20.1. The minimum atomic E-state index is -3.87. The molecular formula is C21H23NO5S. The summed E-state index contributed by atoms with van der Waals surface area (Å²) >= 11 is 0. The lowest BCUT2D eigenvalue weighted by Gasteiger charge is -2.22. The van der Waals surface area contributed by atoms with Gasteiger partial charge in [-0.3, -0.25) is 0 Å². The van der Waals surface area contributed by atoms with Crippen LogP contribution < -0.4 is 5.32 Å². The van der Waals surface area contributed by atoms with Gasteiger partial charge in [0, 0.05) is 5.92 Å². The van der Waals surface area contributed by atoms with E-state index in [-0.39, 0.29) is 4.90 Å². The van der Waals surface area contributed by atoms with E-state index in [9.17, 15) is 18.0 Å². The Morgan fingerprint density at radius 3 is 2.07 bits per heavy atom. The molecule has 6 nitrogen and oxygen atoms in total. The summed E-state index contributed by atoms with van der Waals surface area (Å²) in [6.07, 6.45) is -0.314. The predicted molar refractivity (Wildman–Crippen MR) is 105 cm³/mol. The van der Waals surface area contributed by atoms with Crippen molar-refractivity contribution in [3.05, 3.63) is 66.2 Å². The molecule has 1 saturated carbocycles. The van der Waals surface area contributed by atoms with Crippen molar-refractivity contribution in [1.82, 2.24) is 5.32 Å². The Balaban J connectivity index is 2.03. The molecule has 3 atom stereocenters. The minimum absolute atomic E-state index is 0.107. The van der Waals surface area contributed by atoms with Gasteiger partial charge in [0.1, 0.15) is 22.7 Å². The number of ether oxygens (including phenoxy) is 1. The predicted octanol–water partition coefficient (Wildman–Crippen LogP) is 3.09. The van der Waals surface area contributed by atoms with Crippen molar-refractivity contribution < 1.29 is 22.7 Å². The molecule has 2 aromatic rings. The van der Waals surface area contributed by atoms with Crippen LogP contribution in [0.5, 0.6) is 0 Å². The Labute approximate surface area is 164 Å². The fraction of sp³-hybridized carbons (Fsp3) is 0.333. The van der Waals surface area contributed by atoms with E-state index in [0.717, 1.165) is 0 Å². The summed E-state index contributed by atoms with van der Waals surface area (Å²) < 4.78 is 31.8. The van der Waals surface area contributed by atoms with Gasteiger partial charge in [0.25, 0.3) is 0 Å². The number of benzene rings is 2. The third-order valence-corrected chi connectivity index (χ3v) is 6.92. The number of amides is 1. The molecule has 1 N–H and O–H groups in total. The Morgan fingerprint density at radius 2 is 1.57 bits per heavy atom. The van der Waals surface area contributed by atoms with Gasteiger partial charge in [-0.2, -0.15) is 0 Å². The van der Waals surface area contributed by atoms with Crippen molar-refractivity contribution in [2.75, 3.05) is 0 Å². The summed E-state index contributed by atoms with van der Waals surface area (Å²) in [5.41, 5.74) is -1.70. The third kappa shape index (κ3) is 3.67. The zero-order chi connectivity index (χ0) is 20.6. The first-order chi connectivity index (χ1) is 13.1. The molecule has 2 aromatic carbocycles. The van der Waals surface area contributed by atoms with Crippen LogP contribution in [0.1, 0.15) is 32.3 Å². The molecule has 0 unspecified atom stereocenters. The quantitative estimate of drug-likeness (QED) is 0.778. The number of aldehydes is 1. The van der Waals surface area contributed by atoms with Crippen LogP contribution in [-0.4, -0.2) is 37.2 Å². The summed E-state index contributed by atoms with van der Waals surface area (Å²) in [4.78, 5) is 24.6. The molecule has 1 amide bonds. The number of rotatable bonds is 5. The van der Waals surface area contributed by atoms with Gasteiger partial charge in [-0.25, -0.2) is 13.2 Å². The van der Waals surface area contributed by atoms with Crippen molar-refractivity contribution in [2.45, 2.75) is 48.0 Å². The van der Waals surface area contributed by atoms with Crippen molar-refractivity contribution in [1.29, 1.82) is 0 Å². The number of nitrogens with one attached hydrogen (secondary N) is 1. The molecule has 0 bridgehead atoms. The number of hydrogen-bond acceptors (Lipinski definition) is 5. The number of sulfone groups is 1. The second kappa shape index (κ2) is 7.05. The van der Waals surface area contributed by atoms with E-state index < -0.39 is 38.2 Å². The Bertz CT molecular complexity index is 967. The second-order valence-corrected chi connectivity index (χ2v) is 9.91. The van der Waals surface area contributed by atoms with E-state index in [4.69, 9.17) is 4.74 Å². The number of hydrogen-bond donors (Lipinski definition) is 1. The smallest absolute Gasteiger partial charge is 0.408 e. The van der Waals surface area contributed by atoms with E-state index in [1.807, 2.05) is 0 Å². The average Bonchev–Trinajstić information content (AvgIpc) is 3.31. The Kier molecular flexibility index (Phi) is 5.06. The highest BCUT2D eigenvalue weighted by atomic mass is 32.2. The number of alkyl carbamates (subject to hydrolysis) is 1.